The summed E-state index contributed by atoms with van der Waals surface area (Å²) in [6.07, 6.45) is 0.883. The number of ether oxygens (including phenoxy) is 2. The van der Waals surface area contributed by atoms with Crippen molar-refractivity contribution in [2.45, 2.75) is 12.5 Å². The highest BCUT2D eigenvalue weighted by Crippen LogP contribution is 2.25. The quantitative estimate of drug-likeness (QED) is 0.824. The van der Waals surface area contributed by atoms with Crippen LogP contribution in [-0.4, -0.2) is 44.9 Å². The Balaban J connectivity index is 1.57. The molecular formula is C14H18N2O3. The second-order valence-electron chi connectivity index (χ2n) is 4.86. The SMILES string of the molecule is O=C(NCC1COCCN1)c1ccc2c(c1)CCO2. The zero-order chi connectivity index (χ0) is 13.1. The molecule has 102 valence electrons. The van der Waals surface area contributed by atoms with E-state index < -0.39 is 0 Å². The van der Waals surface area contributed by atoms with Crippen molar-refractivity contribution in [3.63, 3.8) is 0 Å². The molecule has 2 aliphatic heterocycles. The number of fused-ring (bicyclic) bond motifs is 1. The van der Waals surface area contributed by atoms with Gasteiger partial charge < -0.3 is 20.1 Å². The highest BCUT2D eigenvalue weighted by atomic mass is 16.5. The van der Waals surface area contributed by atoms with E-state index in [0.717, 1.165) is 30.9 Å². The van der Waals surface area contributed by atoms with Crippen LogP contribution in [0.2, 0.25) is 0 Å². The maximum atomic E-state index is 12.1. The third-order valence-electron chi connectivity index (χ3n) is 3.46. The molecule has 0 aromatic heterocycles. The van der Waals surface area contributed by atoms with Crippen molar-refractivity contribution in [3.05, 3.63) is 29.3 Å². The molecule has 3 rings (SSSR count). The number of carbonyl (C=O) groups is 1. The van der Waals surface area contributed by atoms with Gasteiger partial charge in [-0.15, -0.1) is 0 Å². The van der Waals surface area contributed by atoms with E-state index in [1.165, 1.54) is 0 Å². The number of morpholine rings is 1. The first-order valence-corrected chi connectivity index (χ1v) is 6.68. The van der Waals surface area contributed by atoms with Crippen LogP contribution in [0.25, 0.3) is 0 Å². The van der Waals surface area contributed by atoms with Crippen LogP contribution in [0.1, 0.15) is 15.9 Å². The summed E-state index contributed by atoms with van der Waals surface area (Å²) in [6, 6.07) is 5.81. The first-order chi connectivity index (χ1) is 9.33. The van der Waals surface area contributed by atoms with Gasteiger partial charge in [0.1, 0.15) is 5.75 Å². The lowest BCUT2D eigenvalue weighted by Gasteiger charge is -2.23. The lowest BCUT2D eigenvalue weighted by atomic mass is 10.1. The molecule has 1 amide bonds. The molecule has 1 fully saturated rings. The molecule has 5 heteroatoms. The van der Waals surface area contributed by atoms with Gasteiger partial charge in [-0.2, -0.15) is 0 Å². The minimum atomic E-state index is -0.0397. The van der Waals surface area contributed by atoms with Gasteiger partial charge in [0.05, 0.1) is 19.8 Å². The van der Waals surface area contributed by atoms with Gasteiger partial charge in [-0.3, -0.25) is 4.79 Å². The molecule has 0 bridgehead atoms. The average molecular weight is 262 g/mol. The fourth-order valence-electron chi connectivity index (χ4n) is 2.40. The molecular weight excluding hydrogens is 244 g/mol. The third-order valence-corrected chi connectivity index (χ3v) is 3.46. The zero-order valence-corrected chi connectivity index (χ0v) is 10.8. The van der Waals surface area contributed by atoms with Gasteiger partial charge in [-0.25, -0.2) is 0 Å². The van der Waals surface area contributed by atoms with Crippen LogP contribution in [0.3, 0.4) is 0 Å². The first kappa shape index (κ1) is 12.4. The van der Waals surface area contributed by atoms with E-state index >= 15 is 0 Å². The van der Waals surface area contributed by atoms with Gasteiger partial charge in [0.25, 0.3) is 5.91 Å². The highest BCUT2D eigenvalue weighted by molar-refractivity contribution is 5.94. The van der Waals surface area contributed by atoms with Crippen molar-refractivity contribution >= 4 is 5.91 Å². The van der Waals surface area contributed by atoms with Gasteiger partial charge in [-0.05, 0) is 23.8 Å². The van der Waals surface area contributed by atoms with Gasteiger partial charge in [0.2, 0.25) is 0 Å². The number of carbonyl (C=O) groups excluding carboxylic acids is 1. The van der Waals surface area contributed by atoms with E-state index in [1.807, 2.05) is 18.2 Å². The summed E-state index contributed by atoms with van der Waals surface area (Å²) in [5, 5.41) is 6.25. The maximum absolute atomic E-state index is 12.1. The second kappa shape index (κ2) is 5.59. The van der Waals surface area contributed by atoms with Gasteiger partial charge >= 0.3 is 0 Å². The Morgan fingerprint density at radius 3 is 3.21 bits per heavy atom. The number of benzene rings is 1. The molecule has 1 unspecified atom stereocenters. The molecule has 1 saturated heterocycles. The van der Waals surface area contributed by atoms with Gasteiger partial charge in [0, 0.05) is 31.1 Å². The Morgan fingerprint density at radius 2 is 2.37 bits per heavy atom. The van der Waals surface area contributed by atoms with Crippen LogP contribution in [0.5, 0.6) is 5.75 Å². The Kier molecular flexibility index (Phi) is 3.66. The molecule has 1 aromatic carbocycles. The van der Waals surface area contributed by atoms with Crippen molar-refractivity contribution in [1.29, 1.82) is 0 Å². The van der Waals surface area contributed by atoms with E-state index in [9.17, 15) is 4.79 Å². The fourth-order valence-corrected chi connectivity index (χ4v) is 2.40. The number of nitrogens with one attached hydrogen (secondary N) is 2. The highest BCUT2D eigenvalue weighted by Gasteiger charge is 2.17. The first-order valence-electron chi connectivity index (χ1n) is 6.68. The molecule has 5 nitrogen and oxygen atoms in total. The summed E-state index contributed by atoms with van der Waals surface area (Å²) in [4.78, 5) is 12.1. The molecule has 0 saturated carbocycles. The number of hydrogen-bond acceptors (Lipinski definition) is 4. The fraction of sp³-hybridized carbons (Fsp3) is 0.500. The Bertz CT molecular complexity index is 470. The molecule has 2 N–H and O–H groups in total. The number of hydrogen-bond donors (Lipinski definition) is 2. The molecule has 0 spiro atoms. The largest absolute Gasteiger partial charge is 0.493 e. The number of rotatable bonds is 3. The van der Waals surface area contributed by atoms with E-state index in [0.29, 0.717) is 25.3 Å². The van der Waals surface area contributed by atoms with Crippen molar-refractivity contribution in [1.82, 2.24) is 10.6 Å². The van der Waals surface area contributed by atoms with Crippen LogP contribution in [-0.2, 0) is 11.2 Å². The third kappa shape index (κ3) is 2.88. The summed E-state index contributed by atoms with van der Waals surface area (Å²) in [6.45, 7) is 3.54. The van der Waals surface area contributed by atoms with E-state index in [4.69, 9.17) is 9.47 Å². The van der Waals surface area contributed by atoms with Crippen LogP contribution < -0.4 is 15.4 Å². The van der Waals surface area contributed by atoms with Crippen molar-refractivity contribution in [2.24, 2.45) is 0 Å². The van der Waals surface area contributed by atoms with E-state index in [1.54, 1.807) is 0 Å². The Morgan fingerprint density at radius 1 is 1.42 bits per heavy atom. The lowest BCUT2D eigenvalue weighted by molar-refractivity contribution is 0.0734. The van der Waals surface area contributed by atoms with Gasteiger partial charge in [0.15, 0.2) is 0 Å². The monoisotopic (exact) mass is 262 g/mol. The summed E-state index contributed by atoms with van der Waals surface area (Å²) >= 11 is 0. The van der Waals surface area contributed by atoms with Crippen LogP contribution in [0.4, 0.5) is 0 Å². The van der Waals surface area contributed by atoms with Crippen LogP contribution in [0, 0.1) is 0 Å². The average Bonchev–Trinajstić information content (AvgIpc) is 2.93. The molecule has 2 heterocycles. The molecule has 0 aliphatic carbocycles. The van der Waals surface area contributed by atoms with E-state index in [2.05, 4.69) is 10.6 Å². The Labute approximate surface area is 112 Å². The standard InChI is InChI=1S/C14H18N2O3/c17-14(16-8-12-9-18-6-4-15-12)11-1-2-13-10(7-11)3-5-19-13/h1-2,7,12,15H,3-6,8-9H2,(H,16,17). The minimum Gasteiger partial charge on any atom is -0.493 e. The predicted molar refractivity (Wildman–Crippen MR) is 70.6 cm³/mol. The van der Waals surface area contributed by atoms with Crippen molar-refractivity contribution in [3.8, 4) is 5.75 Å². The van der Waals surface area contributed by atoms with Gasteiger partial charge in [-0.1, -0.05) is 0 Å². The summed E-state index contributed by atoms with van der Waals surface area (Å²) in [7, 11) is 0. The lowest BCUT2D eigenvalue weighted by Crippen LogP contribution is -2.48. The molecule has 1 atom stereocenters. The van der Waals surface area contributed by atoms with Crippen molar-refractivity contribution < 1.29 is 14.3 Å². The predicted octanol–water partition coefficient (Wildman–Crippen LogP) is 0.340. The normalized spacial score (nSPS) is 21.6. The molecule has 2 aliphatic rings. The van der Waals surface area contributed by atoms with E-state index in [-0.39, 0.29) is 11.9 Å². The Hall–Kier alpha value is -1.59. The van der Waals surface area contributed by atoms with Crippen LogP contribution in [0.15, 0.2) is 18.2 Å². The molecule has 0 radical (unpaired) electrons. The zero-order valence-electron chi connectivity index (χ0n) is 10.8. The molecule has 1 aromatic rings. The topological polar surface area (TPSA) is 59.6 Å². The smallest absolute Gasteiger partial charge is 0.251 e. The maximum Gasteiger partial charge on any atom is 0.251 e. The summed E-state index contributed by atoms with van der Waals surface area (Å²) < 4.78 is 10.8. The minimum absolute atomic E-state index is 0.0397. The number of amides is 1. The summed E-state index contributed by atoms with van der Waals surface area (Å²) in [5.41, 5.74) is 1.81. The molecule has 19 heavy (non-hydrogen) atoms. The van der Waals surface area contributed by atoms with Crippen LogP contribution >= 0.6 is 0 Å². The van der Waals surface area contributed by atoms with Crippen molar-refractivity contribution in [2.75, 3.05) is 32.9 Å². The second-order valence-corrected chi connectivity index (χ2v) is 4.86. The summed E-state index contributed by atoms with van der Waals surface area (Å²) in [5.74, 6) is 0.862.